The highest BCUT2D eigenvalue weighted by atomic mass is 16.7. The number of imidazole rings is 1. The summed E-state index contributed by atoms with van der Waals surface area (Å²) in [6.45, 7) is 0. The quantitative estimate of drug-likeness (QED) is 0.651. The normalized spacial score (nSPS) is 15.0. The van der Waals surface area contributed by atoms with Gasteiger partial charge in [0.05, 0.1) is 6.33 Å². The van der Waals surface area contributed by atoms with Gasteiger partial charge in [-0.25, -0.2) is 4.98 Å². The fourth-order valence-corrected chi connectivity index (χ4v) is 1.33. The van der Waals surface area contributed by atoms with Gasteiger partial charge < -0.3 is 14.5 Å². The van der Waals surface area contributed by atoms with Crippen molar-refractivity contribution in [2.75, 3.05) is 5.32 Å². The summed E-state index contributed by atoms with van der Waals surface area (Å²) in [7, 11) is 0. The van der Waals surface area contributed by atoms with E-state index in [1.807, 2.05) is 0 Å². The molecule has 0 amide bonds. The maximum atomic E-state index is 11.5. The van der Waals surface area contributed by atoms with Crippen LogP contribution in [0.2, 0.25) is 0 Å². The van der Waals surface area contributed by atoms with Crippen LogP contribution in [0, 0.1) is 0 Å². The second-order valence-corrected chi connectivity index (χ2v) is 3.04. The van der Waals surface area contributed by atoms with E-state index in [1.54, 1.807) is 0 Å². The zero-order chi connectivity index (χ0) is 11.0. The molecule has 8 heteroatoms. The summed E-state index contributed by atoms with van der Waals surface area (Å²) in [5, 5.41) is 2.74. The lowest BCUT2D eigenvalue weighted by Crippen LogP contribution is -2.23. The third kappa shape index (κ3) is 1.36. The second-order valence-electron chi connectivity index (χ2n) is 3.04. The van der Waals surface area contributed by atoms with Gasteiger partial charge in [-0.15, -0.1) is 0 Å². The standard InChI is InChI=1S/C8H7N5O3/c14-6-4-5(10-3-9-4)11-7(12-6)13-8-15-1-2-16-8/h1-3,8H,(H3,9,10,11,12,13,14). The Kier molecular flexibility index (Phi) is 1.79. The van der Waals surface area contributed by atoms with Gasteiger partial charge in [-0.2, -0.15) is 4.98 Å². The van der Waals surface area contributed by atoms with E-state index < -0.39 is 6.41 Å². The molecule has 0 aromatic carbocycles. The Balaban J connectivity index is 1.94. The van der Waals surface area contributed by atoms with Crippen molar-refractivity contribution in [3.63, 3.8) is 0 Å². The highest BCUT2D eigenvalue weighted by Gasteiger charge is 2.14. The Morgan fingerprint density at radius 1 is 1.38 bits per heavy atom. The number of nitrogens with one attached hydrogen (secondary N) is 3. The van der Waals surface area contributed by atoms with Crippen LogP contribution in [0.5, 0.6) is 0 Å². The molecule has 2 aromatic rings. The van der Waals surface area contributed by atoms with Crippen molar-refractivity contribution in [1.82, 2.24) is 19.9 Å². The topological polar surface area (TPSA) is 105 Å². The minimum Gasteiger partial charge on any atom is -0.442 e. The van der Waals surface area contributed by atoms with Crippen LogP contribution in [0.4, 0.5) is 5.95 Å². The van der Waals surface area contributed by atoms with Crippen LogP contribution in [0.1, 0.15) is 0 Å². The smallest absolute Gasteiger partial charge is 0.326 e. The molecule has 1 aliphatic rings. The first-order chi connectivity index (χ1) is 7.83. The highest BCUT2D eigenvalue weighted by Crippen LogP contribution is 2.09. The van der Waals surface area contributed by atoms with Gasteiger partial charge in [-0.3, -0.25) is 15.1 Å². The molecule has 0 fully saturated rings. The number of nitrogens with zero attached hydrogens (tertiary/aromatic N) is 2. The molecular weight excluding hydrogens is 214 g/mol. The summed E-state index contributed by atoms with van der Waals surface area (Å²) < 4.78 is 9.97. The molecule has 0 atom stereocenters. The van der Waals surface area contributed by atoms with Gasteiger partial charge in [0.25, 0.3) is 5.56 Å². The molecule has 0 unspecified atom stereocenters. The lowest BCUT2D eigenvalue weighted by atomic mass is 10.5. The summed E-state index contributed by atoms with van der Waals surface area (Å²) in [6, 6.07) is 0. The Morgan fingerprint density at radius 3 is 3.00 bits per heavy atom. The van der Waals surface area contributed by atoms with Gasteiger partial charge in [-0.05, 0) is 0 Å². The molecule has 0 radical (unpaired) electrons. The molecule has 3 N–H and O–H groups in total. The van der Waals surface area contributed by atoms with Gasteiger partial charge in [0.2, 0.25) is 5.95 Å². The highest BCUT2D eigenvalue weighted by molar-refractivity contribution is 5.69. The Bertz CT molecular complexity index is 593. The Morgan fingerprint density at radius 2 is 2.19 bits per heavy atom. The van der Waals surface area contributed by atoms with Gasteiger partial charge >= 0.3 is 6.41 Å². The average molecular weight is 221 g/mol. The number of H-pyrrole nitrogens is 2. The van der Waals surface area contributed by atoms with Crippen LogP contribution in [0.15, 0.2) is 23.6 Å². The third-order valence-electron chi connectivity index (χ3n) is 2.01. The number of aromatic amines is 2. The zero-order valence-electron chi connectivity index (χ0n) is 7.93. The van der Waals surface area contributed by atoms with E-state index >= 15 is 0 Å². The van der Waals surface area contributed by atoms with Crippen LogP contribution in [-0.4, -0.2) is 26.3 Å². The number of rotatable bonds is 2. The maximum absolute atomic E-state index is 11.5. The number of aromatic nitrogens is 4. The van der Waals surface area contributed by atoms with Crippen LogP contribution < -0.4 is 10.9 Å². The molecule has 82 valence electrons. The van der Waals surface area contributed by atoms with E-state index in [2.05, 4.69) is 25.3 Å². The minimum absolute atomic E-state index is 0.235. The molecule has 16 heavy (non-hydrogen) atoms. The zero-order valence-corrected chi connectivity index (χ0v) is 7.93. The molecule has 0 saturated carbocycles. The Hall–Kier alpha value is -2.51. The van der Waals surface area contributed by atoms with Crippen molar-refractivity contribution in [2.24, 2.45) is 0 Å². The lowest BCUT2D eigenvalue weighted by molar-refractivity contribution is 0.00169. The lowest BCUT2D eigenvalue weighted by Gasteiger charge is -2.11. The number of fused-ring (bicyclic) bond motifs is 1. The molecule has 8 nitrogen and oxygen atoms in total. The fourth-order valence-electron chi connectivity index (χ4n) is 1.33. The van der Waals surface area contributed by atoms with E-state index in [0.29, 0.717) is 11.2 Å². The minimum atomic E-state index is -0.681. The van der Waals surface area contributed by atoms with E-state index in [1.165, 1.54) is 18.9 Å². The van der Waals surface area contributed by atoms with Gasteiger partial charge in [0, 0.05) is 0 Å². The van der Waals surface area contributed by atoms with E-state index in [4.69, 9.17) is 9.47 Å². The van der Waals surface area contributed by atoms with Crippen LogP contribution in [0.25, 0.3) is 11.2 Å². The van der Waals surface area contributed by atoms with E-state index in [9.17, 15) is 4.79 Å². The SMILES string of the molecule is O=c1[nH]c(NC2OC=CO2)nc2nc[nH]c12. The molecule has 0 saturated heterocycles. The first-order valence-corrected chi connectivity index (χ1v) is 4.49. The molecule has 0 spiro atoms. The average Bonchev–Trinajstić information content (AvgIpc) is 2.87. The van der Waals surface area contributed by atoms with Crippen LogP contribution in [-0.2, 0) is 9.47 Å². The second kappa shape index (κ2) is 3.26. The molecule has 1 aliphatic heterocycles. The largest absolute Gasteiger partial charge is 0.442 e. The number of hydrogen-bond acceptors (Lipinski definition) is 6. The van der Waals surface area contributed by atoms with Crippen molar-refractivity contribution in [3.05, 3.63) is 29.2 Å². The van der Waals surface area contributed by atoms with Crippen molar-refractivity contribution in [3.8, 4) is 0 Å². The van der Waals surface area contributed by atoms with Gasteiger partial charge in [0.15, 0.2) is 11.2 Å². The summed E-state index contributed by atoms with van der Waals surface area (Å²) >= 11 is 0. The van der Waals surface area contributed by atoms with E-state index in [0.717, 1.165) is 0 Å². The van der Waals surface area contributed by atoms with Crippen LogP contribution in [0.3, 0.4) is 0 Å². The van der Waals surface area contributed by atoms with Crippen molar-refractivity contribution in [1.29, 1.82) is 0 Å². The summed E-state index contributed by atoms with van der Waals surface area (Å²) in [5.41, 5.74) is 0.352. The molecule has 3 rings (SSSR count). The predicted octanol–water partition coefficient (Wildman–Crippen LogP) is -0.140. The molecule has 3 heterocycles. The first-order valence-electron chi connectivity index (χ1n) is 4.49. The summed E-state index contributed by atoms with van der Waals surface area (Å²) in [6.07, 6.45) is 3.51. The Labute approximate surface area is 88.3 Å². The summed E-state index contributed by atoms with van der Waals surface area (Å²) in [5.74, 6) is 0.235. The molecule has 0 aliphatic carbocycles. The first kappa shape index (κ1) is 8.77. The molecular formula is C8H7N5O3. The predicted molar refractivity (Wildman–Crippen MR) is 53.2 cm³/mol. The monoisotopic (exact) mass is 221 g/mol. The van der Waals surface area contributed by atoms with Gasteiger partial charge in [-0.1, -0.05) is 0 Å². The van der Waals surface area contributed by atoms with Gasteiger partial charge in [0.1, 0.15) is 12.5 Å². The van der Waals surface area contributed by atoms with E-state index in [-0.39, 0.29) is 11.5 Å². The van der Waals surface area contributed by atoms with Crippen LogP contribution >= 0.6 is 0 Å². The fraction of sp³-hybridized carbons (Fsp3) is 0.125. The third-order valence-corrected chi connectivity index (χ3v) is 2.01. The molecule has 2 aromatic heterocycles. The molecule has 0 bridgehead atoms. The maximum Gasteiger partial charge on any atom is 0.326 e. The van der Waals surface area contributed by atoms with Crippen molar-refractivity contribution < 1.29 is 9.47 Å². The van der Waals surface area contributed by atoms with Crippen molar-refractivity contribution in [2.45, 2.75) is 6.41 Å². The summed E-state index contributed by atoms with van der Waals surface area (Å²) in [4.78, 5) is 24.7. The van der Waals surface area contributed by atoms with Crippen molar-refractivity contribution >= 4 is 17.1 Å². The number of hydrogen-bond donors (Lipinski definition) is 3. The number of anilines is 1. The number of ether oxygens (including phenoxy) is 2.